The third kappa shape index (κ3) is 2.88. The van der Waals surface area contributed by atoms with Crippen molar-refractivity contribution in [3.8, 4) is 5.75 Å². The van der Waals surface area contributed by atoms with Crippen LogP contribution in [-0.4, -0.2) is 14.8 Å². The van der Waals surface area contributed by atoms with Crippen molar-refractivity contribution in [3.63, 3.8) is 0 Å². The molecule has 96 valence electrons. The highest BCUT2D eigenvalue weighted by Gasteiger charge is 2.10. The number of rotatable bonds is 4. The number of hydrogen-bond acceptors (Lipinski definition) is 4. The monoisotopic (exact) mass is 310 g/mol. The van der Waals surface area contributed by atoms with E-state index in [0.717, 1.165) is 21.6 Å². The molecule has 0 unspecified atom stereocenters. The van der Waals surface area contributed by atoms with E-state index >= 15 is 0 Å². The molecule has 1 atom stereocenters. The second kappa shape index (κ2) is 5.49. The summed E-state index contributed by atoms with van der Waals surface area (Å²) in [6.45, 7) is 2.30. The van der Waals surface area contributed by atoms with E-state index in [4.69, 9.17) is 10.5 Å². The molecule has 1 heterocycles. The molecule has 0 aliphatic heterocycles. The first-order chi connectivity index (χ1) is 8.58. The van der Waals surface area contributed by atoms with Gasteiger partial charge >= 0.3 is 0 Å². The summed E-state index contributed by atoms with van der Waals surface area (Å²) in [5.41, 5.74) is 6.89. The van der Waals surface area contributed by atoms with Crippen LogP contribution in [0.5, 0.6) is 5.75 Å². The van der Waals surface area contributed by atoms with Crippen LogP contribution >= 0.6 is 15.9 Å². The molecule has 18 heavy (non-hydrogen) atoms. The lowest BCUT2D eigenvalue weighted by atomic mass is 10.1. The van der Waals surface area contributed by atoms with Gasteiger partial charge in [-0.3, -0.25) is 4.68 Å². The first kappa shape index (κ1) is 13.0. The van der Waals surface area contributed by atoms with E-state index < -0.39 is 0 Å². The van der Waals surface area contributed by atoms with Gasteiger partial charge in [0.25, 0.3) is 0 Å². The van der Waals surface area contributed by atoms with E-state index in [9.17, 15) is 0 Å². The van der Waals surface area contributed by atoms with Gasteiger partial charge in [0.05, 0.1) is 0 Å². The molecule has 0 saturated carbocycles. The largest absolute Gasteiger partial charge is 0.485 e. The number of ether oxygens (including phenoxy) is 1. The van der Waals surface area contributed by atoms with E-state index in [-0.39, 0.29) is 6.04 Å². The molecule has 0 saturated heterocycles. The van der Waals surface area contributed by atoms with Crippen molar-refractivity contribution >= 4 is 15.9 Å². The van der Waals surface area contributed by atoms with E-state index in [1.54, 1.807) is 4.68 Å². The fourth-order valence-electron chi connectivity index (χ4n) is 1.60. The fraction of sp³-hybridized carbons (Fsp3) is 0.333. The van der Waals surface area contributed by atoms with E-state index in [1.165, 1.54) is 6.33 Å². The molecule has 5 nitrogen and oxygen atoms in total. The molecule has 0 amide bonds. The summed E-state index contributed by atoms with van der Waals surface area (Å²) in [5, 5.41) is 4.00. The summed E-state index contributed by atoms with van der Waals surface area (Å²) in [7, 11) is 1.83. The lowest BCUT2D eigenvalue weighted by molar-refractivity contribution is 0.285. The van der Waals surface area contributed by atoms with Crippen LogP contribution in [0.2, 0.25) is 0 Å². The average Bonchev–Trinajstić information content (AvgIpc) is 2.72. The Kier molecular flexibility index (Phi) is 3.98. The molecule has 0 aliphatic rings. The quantitative estimate of drug-likeness (QED) is 0.940. The van der Waals surface area contributed by atoms with Gasteiger partial charge in [0.1, 0.15) is 18.7 Å². The van der Waals surface area contributed by atoms with Crippen LogP contribution in [-0.2, 0) is 13.7 Å². The summed E-state index contributed by atoms with van der Waals surface area (Å²) in [6, 6.07) is 5.75. The third-order valence-corrected chi connectivity index (χ3v) is 3.12. The Morgan fingerprint density at radius 3 is 2.89 bits per heavy atom. The molecular weight excluding hydrogens is 296 g/mol. The average molecular weight is 311 g/mol. The van der Waals surface area contributed by atoms with Crippen LogP contribution in [0.15, 0.2) is 29.0 Å². The van der Waals surface area contributed by atoms with Gasteiger partial charge in [-0.2, -0.15) is 5.10 Å². The van der Waals surface area contributed by atoms with Crippen molar-refractivity contribution in [2.24, 2.45) is 12.8 Å². The van der Waals surface area contributed by atoms with Gasteiger partial charge in [-0.25, -0.2) is 4.98 Å². The van der Waals surface area contributed by atoms with Crippen LogP contribution in [0.1, 0.15) is 24.4 Å². The van der Waals surface area contributed by atoms with Gasteiger partial charge in [0.2, 0.25) is 0 Å². The highest BCUT2D eigenvalue weighted by atomic mass is 79.9. The maximum atomic E-state index is 5.91. The Hall–Kier alpha value is -1.40. The molecule has 0 bridgehead atoms. The standard InChI is InChI=1S/C12H15BrN4O/c1-8(14)10-4-3-9(13)5-11(10)18-6-12-15-7-16-17(12)2/h3-5,7-8H,6,14H2,1-2H3/t8-/m0/s1. The van der Waals surface area contributed by atoms with Crippen molar-refractivity contribution in [2.75, 3.05) is 0 Å². The van der Waals surface area contributed by atoms with Gasteiger partial charge in [-0.1, -0.05) is 22.0 Å². The normalized spacial score (nSPS) is 12.4. The van der Waals surface area contributed by atoms with Crippen LogP contribution < -0.4 is 10.5 Å². The van der Waals surface area contributed by atoms with E-state index in [2.05, 4.69) is 26.0 Å². The highest BCUT2D eigenvalue weighted by molar-refractivity contribution is 9.10. The maximum absolute atomic E-state index is 5.91. The summed E-state index contributed by atoms with van der Waals surface area (Å²) < 4.78 is 8.41. The zero-order valence-corrected chi connectivity index (χ0v) is 11.9. The minimum absolute atomic E-state index is 0.0763. The van der Waals surface area contributed by atoms with Gasteiger partial charge in [-0.15, -0.1) is 0 Å². The molecule has 2 N–H and O–H groups in total. The van der Waals surface area contributed by atoms with Gasteiger partial charge < -0.3 is 10.5 Å². The minimum atomic E-state index is -0.0763. The molecule has 0 spiro atoms. The molecule has 2 rings (SSSR count). The SMILES string of the molecule is C[C@H](N)c1ccc(Br)cc1OCc1ncnn1C. The van der Waals surface area contributed by atoms with Gasteiger partial charge in [0.15, 0.2) is 5.82 Å². The lowest BCUT2D eigenvalue weighted by Crippen LogP contribution is -2.10. The zero-order chi connectivity index (χ0) is 13.1. The summed E-state index contributed by atoms with van der Waals surface area (Å²) in [6.07, 6.45) is 1.51. The Morgan fingerprint density at radius 1 is 1.50 bits per heavy atom. The zero-order valence-electron chi connectivity index (χ0n) is 10.3. The predicted molar refractivity (Wildman–Crippen MR) is 72.1 cm³/mol. The van der Waals surface area contributed by atoms with Crippen LogP contribution in [0, 0.1) is 0 Å². The fourth-order valence-corrected chi connectivity index (χ4v) is 1.94. The first-order valence-electron chi connectivity index (χ1n) is 5.58. The number of nitrogens with zero attached hydrogens (tertiary/aromatic N) is 3. The third-order valence-electron chi connectivity index (χ3n) is 2.63. The van der Waals surface area contributed by atoms with Crippen molar-refractivity contribution < 1.29 is 4.74 Å². The van der Waals surface area contributed by atoms with Crippen molar-refractivity contribution in [2.45, 2.75) is 19.6 Å². The number of hydrogen-bond donors (Lipinski definition) is 1. The topological polar surface area (TPSA) is 66.0 Å². The van der Waals surface area contributed by atoms with Crippen LogP contribution in [0.25, 0.3) is 0 Å². The lowest BCUT2D eigenvalue weighted by Gasteiger charge is -2.14. The number of halogens is 1. The molecule has 1 aromatic heterocycles. The van der Waals surface area contributed by atoms with Crippen molar-refractivity contribution in [3.05, 3.63) is 40.4 Å². The van der Waals surface area contributed by atoms with Gasteiger partial charge in [-0.05, 0) is 19.1 Å². The van der Waals surface area contributed by atoms with Crippen molar-refractivity contribution in [1.82, 2.24) is 14.8 Å². The Morgan fingerprint density at radius 2 is 2.28 bits per heavy atom. The molecule has 0 fully saturated rings. The minimum Gasteiger partial charge on any atom is -0.485 e. The Labute approximate surface area is 114 Å². The van der Waals surface area contributed by atoms with E-state index in [1.807, 2.05) is 32.2 Å². The predicted octanol–water partition coefficient (Wildman–Crippen LogP) is 2.18. The number of benzene rings is 1. The van der Waals surface area contributed by atoms with Crippen LogP contribution in [0.4, 0.5) is 0 Å². The van der Waals surface area contributed by atoms with Gasteiger partial charge in [0, 0.05) is 23.1 Å². The number of nitrogens with two attached hydrogens (primary N) is 1. The number of aryl methyl sites for hydroxylation is 1. The highest BCUT2D eigenvalue weighted by Crippen LogP contribution is 2.28. The summed E-state index contributed by atoms with van der Waals surface area (Å²) in [4.78, 5) is 4.11. The summed E-state index contributed by atoms with van der Waals surface area (Å²) in [5.74, 6) is 1.54. The van der Waals surface area contributed by atoms with Crippen molar-refractivity contribution in [1.29, 1.82) is 0 Å². The van der Waals surface area contributed by atoms with E-state index in [0.29, 0.717) is 6.61 Å². The smallest absolute Gasteiger partial charge is 0.164 e. The maximum Gasteiger partial charge on any atom is 0.164 e. The molecule has 2 aromatic rings. The molecule has 1 aromatic carbocycles. The molecule has 0 radical (unpaired) electrons. The molecule has 0 aliphatic carbocycles. The first-order valence-corrected chi connectivity index (χ1v) is 6.38. The number of aromatic nitrogens is 3. The second-order valence-electron chi connectivity index (χ2n) is 4.06. The second-order valence-corrected chi connectivity index (χ2v) is 4.98. The molecule has 6 heteroatoms. The van der Waals surface area contributed by atoms with Crippen LogP contribution in [0.3, 0.4) is 0 Å². The summed E-state index contributed by atoms with van der Waals surface area (Å²) >= 11 is 3.42. The molecular formula is C12H15BrN4O. The Bertz CT molecular complexity index is 539. The Balaban J connectivity index is 2.18.